The monoisotopic (exact) mass is 786 g/mol. The lowest BCUT2D eigenvalue weighted by atomic mass is 9.95. The maximum Gasteiger partial charge on any atom is 0.438 e. The van der Waals surface area contributed by atoms with Gasteiger partial charge in [-0.1, -0.05) is 65.7 Å². The Morgan fingerprint density at radius 2 is 1.63 bits per heavy atom. The number of amides is 1. The second-order valence-corrected chi connectivity index (χ2v) is 14.0. The number of carbonyl (C=O) groups excluding carboxylic acids is 1. The Hall–Kier alpha value is -3.07. The van der Waals surface area contributed by atoms with Crippen LogP contribution in [0.2, 0.25) is 0 Å². The molecule has 2 aliphatic heterocycles. The molecule has 5 rings (SSSR count). The van der Waals surface area contributed by atoms with Crippen LogP contribution in [-0.4, -0.2) is 56.9 Å². The fraction of sp³-hybridized carbons (Fsp3) is 0.167. The van der Waals surface area contributed by atoms with Gasteiger partial charge in [0.05, 0.1) is 6.04 Å². The SMILES string of the molecule is C[C@@H](N=C1NC=Ic2c1cc(-c1ccc(F)cc1)cc2-c1ccc(C(=O)N(C)C)cc1)C1=CI=C(C(F)(F)F)N=C1. The van der Waals surface area contributed by atoms with Crippen molar-refractivity contribution in [3.05, 3.63) is 90.8 Å². The number of nitrogens with one attached hydrogen (secondary N) is 1. The summed E-state index contributed by atoms with van der Waals surface area (Å²) in [6.07, 6.45) is -3.15. The maximum atomic E-state index is 13.7. The maximum absolute atomic E-state index is 13.7. The third-order valence-corrected chi connectivity index (χ3v) is 11.3. The highest BCUT2D eigenvalue weighted by Gasteiger charge is 2.35. The lowest BCUT2D eigenvalue weighted by Crippen LogP contribution is -2.28. The van der Waals surface area contributed by atoms with Gasteiger partial charge in [-0.25, -0.2) is 9.38 Å². The van der Waals surface area contributed by atoms with E-state index in [1.54, 1.807) is 42.4 Å². The summed E-state index contributed by atoms with van der Waals surface area (Å²) < 4.78 is 56.9. The minimum atomic E-state index is -4.41. The topological polar surface area (TPSA) is 57.1 Å². The number of fused-ring (bicyclic) bond motifs is 1. The molecular formula is C30H24F4I2N4O. The molecule has 0 aliphatic carbocycles. The van der Waals surface area contributed by atoms with E-state index in [0.717, 1.165) is 31.4 Å². The van der Waals surface area contributed by atoms with Crippen LogP contribution >= 0.6 is 41.5 Å². The Balaban J connectivity index is 1.60. The summed E-state index contributed by atoms with van der Waals surface area (Å²) in [6.45, 7) is 1.84. The van der Waals surface area contributed by atoms with E-state index in [0.29, 0.717) is 17.0 Å². The normalized spacial score (nSPS) is 16.4. The number of halogens is 6. The molecule has 11 heteroatoms. The van der Waals surface area contributed by atoms with Crippen LogP contribution in [-0.2, 0) is 0 Å². The summed E-state index contributed by atoms with van der Waals surface area (Å²) in [5, 5.41) is 3.30. The molecule has 0 fully saturated rings. The van der Waals surface area contributed by atoms with Gasteiger partial charge in [0.25, 0.3) is 5.91 Å². The van der Waals surface area contributed by atoms with Crippen LogP contribution in [0, 0.1) is 9.39 Å². The zero-order valence-corrected chi connectivity index (χ0v) is 26.4. The molecule has 3 aromatic carbocycles. The van der Waals surface area contributed by atoms with E-state index in [4.69, 9.17) is 4.99 Å². The lowest BCUT2D eigenvalue weighted by molar-refractivity contribution is -0.0567. The number of rotatable bonds is 5. The molecule has 3 aromatic rings. The van der Waals surface area contributed by atoms with E-state index in [2.05, 4.69) is 16.4 Å². The Kier molecular flexibility index (Phi) is 8.64. The standard InChI is InChI=1S/C30H24F4I2N4O/c1-17(22-14-35-29(37-15-22)30(32,33)34)39-27-25-13-21(18-8-10-23(31)11-9-18)12-24(26(25)36-16-38-27)19-4-6-20(7-5-19)28(41)40(2)3/h4-17H,1-3H3,(H,38,39)/t17-/m1/s1. The lowest BCUT2D eigenvalue weighted by Gasteiger charge is -2.21. The van der Waals surface area contributed by atoms with Crippen LogP contribution in [0.15, 0.2) is 80.3 Å². The van der Waals surface area contributed by atoms with Gasteiger partial charge in [0.1, 0.15) is 11.7 Å². The van der Waals surface area contributed by atoms with Crippen molar-refractivity contribution in [2.45, 2.75) is 19.1 Å². The van der Waals surface area contributed by atoms with Gasteiger partial charge in [0, 0.05) is 44.7 Å². The Morgan fingerprint density at radius 3 is 2.24 bits per heavy atom. The highest BCUT2D eigenvalue weighted by atomic mass is 127. The van der Waals surface area contributed by atoms with Crippen LogP contribution in [0.5, 0.6) is 0 Å². The van der Waals surface area contributed by atoms with Crippen molar-refractivity contribution >= 4 is 67.2 Å². The van der Waals surface area contributed by atoms with Gasteiger partial charge in [-0.3, -0.25) is 9.79 Å². The minimum Gasteiger partial charge on any atom is -0.345 e. The fourth-order valence-electron chi connectivity index (χ4n) is 4.21. The van der Waals surface area contributed by atoms with Crippen molar-refractivity contribution in [3.8, 4) is 22.3 Å². The molecule has 0 saturated heterocycles. The van der Waals surface area contributed by atoms with Crippen molar-refractivity contribution in [2.24, 2.45) is 9.98 Å². The van der Waals surface area contributed by atoms with Gasteiger partial charge >= 0.3 is 6.18 Å². The summed E-state index contributed by atoms with van der Waals surface area (Å²) in [5.41, 5.74) is 5.75. The van der Waals surface area contributed by atoms with Crippen molar-refractivity contribution in [1.29, 1.82) is 0 Å². The number of alkyl halides is 3. The van der Waals surface area contributed by atoms with E-state index in [1.807, 2.05) is 29.3 Å². The first-order valence-electron chi connectivity index (χ1n) is 12.4. The average Bonchev–Trinajstić information content (AvgIpc) is 2.96. The first-order chi connectivity index (χ1) is 19.5. The van der Waals surface area contributed by atoms with Gasteiger partial charge in [-0.2, -0.15) is 13.2 Å². The van der Waals surface area contributed by atoms with Crippen molar-refractivity contribution in [2.75, 3.05) is 14.1 Å². The van der Waals surface area contributed by atoms with Crippen LogP contribution in [0.3, 0.4) is 0 Å². The van der Waals surface area contributed by atoms with Gasteiger partial charge in [0.2, 0.25) is 0 Å². The number of nitrogens with zero attached hydrogens (tertiary/aromatic N) is 3. The van der Waals surface area contributed by atoms with Crippen LogP contribution < -0.4 is 5.32 Å². The predicted octanol–water partition coefficient (Wildman–Crippen LogP) is 7.13. The minimum absolute atomic E-state index is 0.0880. The van der Waals surface area contributed by atoms with Crippen molar-refractivity contribution in [3.63, 3.8) is 0 Å². The van der Waals surface area contributed by atoms with Gasteiger partial charge in [0.15, 0.2) is 3.63 Å². The van der Waals surface area contributed by atoms with Crippen LogP contribution in [0.4, 0.5) is 17.6 Å². The van der Waals surface area contributed by atoms with Crippen molar-refractivity contribution in [1.82, 2.24) is 10.2 Å². The number of amidine groups is 1. The second-order valence-electron chi connectivity index (χ2n) is 9.45. The highest BCUT2D eigenvalue weighted by Crippen LogP contribution is 2.37. The Morgan fingerprint density at radius 1 is 0.976 bits per heavy atom. The number of hydrogen-bond donors (Lipinski definition) is 1. The van der Waals surface area contributed by atoms with E-state index in [-0.39, 0.29) is 11.7 Å². The Bertz CT molecular complexity index is 1660. The molecule has 0 unspecified atom stereocenters. The average molecular weight is 786 g/mol. The molecule has 0 radical (unpaired) electrons. The van der Waals surface area contributed by atoms with Gasteiger partial charge in [-0.05, 0) is 69.7 Å². The molecule has 0 saturated carbocycles. The number of carbonyl (C=O) groups is 1. The quantitative estimate of drug-likeness (QED) is 0.221. The number of hydrogen-bond acceptors (Lipinski definition) is 3. The number of benzene rings is 3. The van der Waals surface area contributed by atoms with Gasteiger partial charge in [-0.15, -0.1) is 0 Å². The first-order valence-corrected chi connectivity index (χ1v) is 17.0. The first kappa shape index (κ1) is 29.4. The van der Waals surface area contributed by atoms with Crippen molar-refractivity contribution < 1.29 is 22.4 Å². The summed E-state index contributed by atoms with van der Waals surface area (Å²) in [7, 11) is 3.41. The molecule has 41 heavy (non-hydrogen) atoms. The second kappa shape index (κ2) is 12.0. The van der Waals surface area contributed by atoms with Crippen LogP contribution in [0.1, 0.15) is 22.8 Å². The van der Waals surface area contributed by atoms with E-state index < -0.39 is 57.3 Å². The smallest absolute Gasteiger partial charge is 0.345 e. The Labute approximate surface area is 254 Å². The number of aliphatic imine (C=N–C) groups is 2. The summed E-state index contributed by atoms with van der Waals surface area (Å²) in [5.74, 6) is 0.193. The predicted molar refractivity (Wildman–Crippen MR) is 175 cm³/mol. The molecular weight excluding hydrogens is 762 g/mol. The molecule has 1 amide bonds. The largest absolute Gasteiger partial charge is 0.438 e. The molecule has 0 bridgehead atoms. The molecule has 2 aliphatic rings. The van der Waals surface area contributed by atoms with Gasteiger partial charge < -0.3 is 10.2 Å². The molecule has 5 nitrogen and oxygen atoms in total. The fourth-order valence-corrected chi connectivity index (χ4v) is 8.51. The molecule has 0 aromatic heterocycles. The summed E-state index contributed by atoms with van der Waals surface area (Å²) in [4.78, 5) is 22.5. The molecule has 1 atom stereocenters. The van der Waals surface area contributed by atoms with E-state index in [9.17, 15) is 22.4 Å². The van der Waals surface area contributed by atoms with E-state index in [1.165, 1.54) is 23.2 Å². The highest BCUT2D eigenvalue weighted by molar-refractivity contribution is 14.2. The third-order valence-electron chi connectivity index (χ3n) is 6.36. The third kappa shape index (κ3) is 6.55. The molecule has 2 heterocycles. The molecule has 1 N–H and O–H groups in total. The summed E-state index contributed by atoms with van der Waals surface area (Å²) in [6, 6.07) is 17.4. The van der Waals surface area contributed by atoms with Crippen LogP contribution in [0.25, 0.3) is 22.3 Å². The molecule has 212 valence electrons. The van der Waals surface area contributed by atoms with E-state index >= 15 is 0 Å². The summed E-state index contributed by atoms with van der Waals surface area (Å²) >= 11 is -1.97. The molecule has 0 spiro atoms. The zero-order valence-electron chi connectivity index (χ0n) is 22.1. The zero-order chi connectivity index (χ0) is 29.3.